The van der Waals surface area contributed by atoms with Crippen LogP contribution in [-0.4, -0.2) is 23.4 Å². The fourth-order valence-electron chi connectivity index (χ4n) is 6.50. The minimum Gasteiger partial charge on any atom is -0.370 e. The van der Waals surface area contributed by atoms with E-state index < -0.39 is 17.2 Å². The van der Waals surface area contributed by atoms with Crippen LogP contribution in [0.5, 0.6) is 0 Å². The van der Waals surface area contributed by atoms with Crippen molar-refractivity contribution in [3.05, 3.63) is 24.3 Å². The van der Waals surface area contributed by atoms with Crippen LogP contribution in [0.2, 0.25) is 0 Å². The van der Waals surface area contributed by atoms with Gasteiger partial charge in [-0.1, -0.05) is 141 Å². The fraction of sp³-hybridized carbons (Fsp3) is 0.810. The van der Waals surface area contributed by atoms with E-state index >= 15 is 0 Å². The Morgan fingerprint density at radius 3 is 1.04 bits per heavy atom. The van der Waals surface area contributed by atoms with Crippen molar-refractivity contribution in [2.75, 3.05) is 0 Å². The zero-order chi connectivity index (χ0) is 35.6. The summed E-state index contributed by atoms with van der Waals surface area (Å²) in [6.45, 7) is 4.50. The average Bonchev–Trinajstić information content (AvgIpc) is 3.06. The summed E-state index contributed by atoms with van der Waals surface area (Å²) in [5, 5.41) is 0. The number of amides is 2. The molecule has 0 aromatic rings. The van der Waals surface area contributed by atoms with E-state index in [1.165, 1.54) is 89.9 Å². The van der Waals surface area contributed by atoms with Crippen molar-refractivity contribution in [2.24, 2.45) is 16.9 Å². The molecule has 0 aromatic heterocycles. The first-order valence-electron chi connectivity index (χ1n) is 20.3. The number of hydrogen-bond donors (Lipinski definition) is 2. The molecule has 0 atom stereocenters. The molecule has 2 amide bonds. The smallest absolute Gasteiger partial charge is 0.238 e. The van der Waals surface area contributed by atoms with Gasteiger partial charge in [0.25, 0.3) is 0 Å². The van der Waals surface area contributed by atoms with Crippen molar-refractivity contribution in [2.45, 2.75) is 213 Å². The molecule has 0 heterocycles. The summed E-state index contributed by atoms with van der Waals surface area (Å²) in [7, 11) is 0. The van der Waals surface area contributed by atoms with E-state index in [9.17, 15) is 19.2 Å². The summed E-state index contributed by atoms with van der Waals surface area (Å²) in [5.74, 6) is -2.14. The second-order valence-electron chi connectivity index (χ2n) is 14.1. The van der Waals surface area contributed by atoms with Crippen LogP contribution in [0.25, 0.3) is 0 Å². The molecule has 0 saturated heterocycles. The second kappa shape index (κ2) is 33.3. The van der Waals surface area contributed by atoms with E-state index in [0.29, 0.717) is 12.8 Å². The van der Waals surface area contributed by atoms with Gasteiger partial charge >= 0.3 is 0 Å². The van der Waals surface area contributed by atoms with Crippen molar-refractivity contribution in [1.29, 1.82) is 0 Å². The molecule has 0 unspecified atom stereocenters. The molecule has 0 bridgehead atoms. The molecule has 0 aliphatic carbocycles. The first-order valence-corrected chi connectivity index (χ1v) is 20.3. The number of ketones is 2. The Kier molecular flexibility index (Phi) is 31.7. The third-order valence-electron chi connectivity index (χ3n) is 9.68. The summed E-state index contributed by atoms with van der Waals surface area (Å²) in [6, 6.07) is 0. The fourth-order valence-corrected chi connectivity index (χ4v) is 6.50. The van der Waals surface area contributed by atoms with Gasteiger partial charge in [-0.2, -0.15) is 0 Å². The van der Waals surface area contributed by atoms with Gasteiger partial charge in [0, 0.05) is 19.3 Å². The molecule has 278 valence electrons. The maximum Gasteiger partial charge on any atom is 0.238 e. The van der Waals surface area contributed by atoms with Crippen molar-refractivity contribution >= 4 is 23.4 Å². The molecule has 6 nitrogen and oxygen atoms in total. The van der Waals surface area contributed by atoms with E-state index in [0.717, 1.165) is 64.2 Å². The number of carbonyl (C=O) groups is 4. The number of nitrogens with two attached hydrogens (primary N) is 2. The van der Waals surface area contributed by atoms with E-state index in [2.05, 4.69) is 38.2 Å². The normalized spacial score (nSPS) is 13.0. The summed E-state index contributed by atoms with van der Waals surface area (Å²) in [5.41, 5.74) is 9.27. The van der Waals surface area contributed by atoms with Crippen LogP contribution in [0.4, 0.5) is 0 Å². The first-order chi connectivity index (χ1) is 23.3. The zero-order valence-electron chi connectivity index (χ0n) is 31.5. The summed E-state index contributed by atoms with van der Waals surface area (Å²) in [6.07, 6.45) is 39.7. The molecule has 0 aliphatic rings. The molecule has 0 saturated carbocycles. The maximum absolute atomic E-state index is 13.5. The van der Waals surface area contributed by atoms with Gasteiger partial charge in [-0.15, -0.1) is 0 Å². The summed E-state index contributed by atoms with van der Waals surface area (Å²) < 4.78 is 0. The number of primary amides is 2. The third kappa shape index (κ3) is 24.8. The van der Waals surface area contributed by atoms with E-state index in [1.807, 2.05) is 0 Å². The van der Waals surface area contributed by atoms with Gasteiger partial charge in [0.15, 0.2) is 17.0 Å². The Labute approximate surface area is 296 Å². The van der Waals surface area contributed by atoms with Crippen molar-refractivity contribution in [3.8, 4) is 0 Å². The Morgan fingerprint density at radius 1 is 0.417 bits per heavy atom. The van der Waals surface area contributed by atoms with E-state index in [4.69, 9.17) is 11.5 Å². The average molecular weight is 673 g/mol. The summed E-state index contributed by atoms with van der Waals surface area (Å²) >= 11 is 0. The standard InChI is InChI=1S/C42H76N2O4/c1-3-5-7-9-11-13-15-17-19-21-23-25-27-29-31-34-38(45)42(41(44)48,37-33-36-40(43)47)39(46)35-32-30-28-26-24-22-20-18-16-14-12-10-8-6-4-2/h17-20H,3-16,21-37H2,1-2H3,(H2,43,47)(H2,44,48). The van der Waals surface area contributed by atoms with Crippen molar-refractivity contribution in [3.63, 3.8) is 0 Å². The Hall–Kier alpha value is -2.24. The predicted molar refractivity (Wildman–Crippen MR) is 204 cm³/mol. The van der Waals surface area contributed by atoms with Gasteiger partial charge in [0.1, 0.15) is 0 Å². The maximum atomic E-state index is 13.5. The number of hydrogen-bond acceptors (Lipinski definition) is 4. The number of unbranched alkanes of at least 4 members (excludes halogenated alkanes) is 22. The molecular weight excluding hydrogens is 596 g/mol. The predicted octanol–water partition coefficient (Wildman–Crippen LogP) is 11.3. The van der Waals surface area contributed by atoms with Crippen LogP contribution in [0.15, 0.2) is 24.3 Å². The Morgan fingerprint density at radius 2 is 0.729 bits per heavy atom. The molecule has 0 aromatic carbocycles. The van der Waals surface area contributed by atoms with Gasteiger partial charge in [-0.25, -0.2) is 0 Å². The molecule has 0 spiro atoms. The van der Waals surface area contributed by atoms with Crippen molar-refractivity contribution < 1.29 is 19.2 Å². The van der Waals surface area contributed by atoms with Crippen LogP contribution in [0.1, 0.15) is 213 Å². The number of allylic oxidation sites excluding steroid dienone is 4. The van der Waals surface area contributed by atoms with E-state index in [1.54, 1.807) is 0 Å². The molecule has 6 heteroatoms. The number of Topliss-reactive ketones (excluding diaryl/α,β-unsaturated/α-hetero) is 2. The van der Waals surface area contributed by atoms with Crippen LogP contribution in [-0.2, 0) is 19.2 Å². The minimum atomic E-state index is -1.84. The third-order valence-corrected chi connectivity index (χ3v) is 9.68. The van der Waals surface area contributed by atoms with Gasteiger partial charge in [-0.3, -0.25) is 19.2 Å². The molecule has 48 heavy (non-hydrogen) atoms. The molecular formula is C42H76N2O4. The Bertz CT molecular complexity index is 827. The summed E-state index contributed by atoms with van der Waals surface area (Å²) in [4.78, 5) is 51.1. The van der Waals surface area contributed by atoms with Gasteiger partial charge in [0.2, 0.25) is 11.8 Å². The zero-order valence-corrected chi connectivity index (χ0v) is 31.5. The lowest BCUT2D eigenvalue weighted by molar-refractivity contribution is -0.150. The molecule has 0 aliphatic heterocycles. The minimum absolute atomic E-state index is 0.0242. The highest BCUT2D eigenvalue weighted by Crippen LogP contribution is 2.32. The highest BCUT2D eigenvalue weighted by Gasteiger charge is 2.49. The van der Waals surface area contributed by atoms with E-state index in [-0.39, 0.29) is 43.7 Å². The number of rotatable bonds is 37. The lowest BCUT2D eigenvalue weighted by Gasteiger charge is -2.28. The molecule has 4 N–H and O–H groups in total. The highest BCUT2D eigenvalue weighted by molar-refractivity contribution is 6.23. The number of carbonyl (C=O) groups excluding carboxylic acids is 4. The lowest BCUT2D eigenvalue weighted by Crippen LogP contribution is -2.50. The van der Waals surface area contributed by atoms with Gasteiger partial charge in [0.05, 0.1) is 0 Å². The quantitative estimate of drug-likeness (QED) is 0.0387. The van der Waals surface area contributed by atoms with Crippen LogP contribution in [0.3, 0.4) is 0 Å². The molecule has 0 fully saturated rings. The van der Waals surface area contributed by atoms with Crippen LogP contribution < -0.4 is 11.5 Å². The Balaban J connectivity index is 4.45. The second-order valence-corrected chi connectivity index (χ2v) is 14.1. The lowest BCUT2D eigenvalue weighted by atomic mass is 9.71. The highest BCUT2D eigenvalue weighted by atomic mass is 16.2. The SMILES string of the molecule is CCCCCCCCC=CCCCCCCCC(=O)C(CCCC(N)=O)(C(N)=O)C(=O)CCCCCCCC=CCCCCCCCC. The monoisotopic (exact) mass is 673 g/mol. The van der Waals surface area contributed by atoms with Crippen molar-refractivity contribution in [1.82, 2.24) is 0 Å². The van der Waals surface area contributed by atoms with Crippen LogP contribution >= 0.6 is 0 Å². The van der Waals surface area contributed by atoms with Crippen LogP contribution in [0, 0.1) is 5.41 Å². The topological polar surface area (TPSA) is 120 Å². The largest absolute Gasteiger partial charge is 0.370 e. The molecule has 0 radical (unpaired) electrons. The molecule has 0 rings (SSSR count). The van der Waals surface area contributed by atoms with Gasteiger partial charge < -0.3 is 11.5 Å². The first kappa shape index (κ1) is 45.8. The van der Waals surface area contributed by atoms with Gasteiger partial charge in [-0.05, 0) is 77.0 Å².